The lowest BCUT2D eigenvalue weighted by Gasteiger charge is -2.20. The molecule has 0 saturated carbocycles. The van der Waals surface area contributed by atoms with Gasteiger partial charge in [-0.15, -0.1) is 0 Å². The number of amides is 4. The van der Waals surface area contributed by atoms with Crippen LogP contribution in [0.25, 0.3) is 0 Å². The first-order valence-corrected chi connectivity index (χ1v) is 8.16. The summed E-state index contributed by atoms with van der Waals surface area (Å²) in [7, 11) is 1.47. The summed E-state index contributed by atoms with van der Waals surface area (Å²) in [5, 5.41) is 2.33. The Morgan fingerprint density at radius 1 is 1.04 bits per heavy atom. The van der Waals surface area contributed by atoms with E-state index in [-0.39, 0.29) is 17.6 Å². The molecule has 9 nitrogen and oxygen atoms in total. The van der Waals surface area contributed by atoms with E-state index in [1.54, 1.807) is 26.0 Å². The number of ether oxygens (including phenoxy) is 2. The van der Waals surface area contributed by atoms with Crippen molar-refractivity contribution in [3.8, 4) is 11.5 Å². The first kappa shape index (κ1) is 21.1. The molecule has 0 aliphatic carbocycles. The highest BCUT2D eigenvalue weighted by atomic mass is 16.5. The Balaban J connectivity index is 2.78. The fourth-order valence-corrected chi connectivity index (χ4v) is 2.12. The van der Waals surface area contributed by atoms with Crippen molar-refractivity contribution in [2.45, 2.75) is 39.8 Å². The lowest BCUT2D eigenvalue weighted by Crippen LogP contribution is -2.55. The van der Waals surface area contributed by atoms with Crippen LogP contribution in [-0.4, -0.2) is 37.1 Å². The van der Waals surface area contributed by atoms with E-state index in [4.69, 9.17) is 15.2 Å². The Hall–Kier alpha value is -2.97. The van der Waals surface area contributed by atoms with Gasteiger partial charge in [0.1, 0.15) is 6.04 Å². The molecule has 26 heavy (non-hydrogen) atoms. The van der Waals surface area contributed by atoms with Crippen molar-refractivity contribution >= 4 is 17.8 Å². The lowest BCUT2D eigenvalue weighted by atomic mass is 10.0. The molecular weight excluding hydrogens is 340 g/mol. The van der Waals surface area contributed by atoms with Crippen LogP contribution in [0.1, 0.15) is 38.1 Å². The van der Waals surface area contributed by atoms with Gasteiger partial charge in [0.25, 0.3) is 11.8 Å². The smallest absolute Gasteiger partial charge is 0.312 e. The summed E-state index contributed by atoms with van der Waals surface area (Å²) in [5.41, 5.74) is 9.88. The van der Waals surface area contributed by atoms with Gasteiger partial charge in [0.05, 0.1) is 13.2 Å². The molecule has 4 amide bonds. The Bertz CT molecular complexity index is 661. The number of hydrogen-bond donors (Lipinski definition) is 4. The van der Waals surface area contributed by atoms with E-state index in [1.165, 1.54) is 13.2 Å². The van der Waals surface area contributed by atoms with Crippen molar-refractivity contribution in [2.75, 3.05) is 7.11 Å². The highest BCUT2D eigenvalue weighted by molar-refractivity contribution is 5.96. The number of nitrogens with one attached hydrogen (secondary N) is 3. The lowest BCUT2D eigenvalue weighted by molar-refractivity contribution is -0.124. The molecule has 5 N–H and O–H groups in total. The summed E-state index contributed by atoms with van der Waals surface area (Å²) in [5.74, 6) is -0.443. The van der Waals surface area contributed by atoms with Crippen LogP contribution in [0.4, 0.5) is 4.79 Å². The predicted octanol–water partition coefficient (Wildman–Crippen LogP) is 0.936. The molecule has 0 aromatic heterocycles. The summed E-state index contributed by atoms with van der Waals surface area (Å²) in [6.45, 7) is 7.22. The Kier molecular flexibility index (Phi) is 7.70. The summed E-state index contributed by atoms with van der Waals surface area (Å²) in [4.78, 5) is 35.3. The number of methoxy groups -OCH3 is 1. The maximum Gasteiger partial charge on any atom is 0.312 e. The molecule has 0 fully saturated rings. The van der Waals surface area contributed by atoms with Crippen molar-refractivity contribution in [2.24, 2.45) is 11.7 Å². The normalized spacial score (nSPS) is 11.7. The van der Waals surface area contributed by atoms with E-state index in [1.807, 2.05) is 13.8 Å². The second-order valence-electron chi connectivity index (χ2n) is 6.21. The maximum absolute atomic E-state index is 12.2. The Morgan fingerprint density at radius 3 is 2.19 bits per heavy atom. The minimum atomic E-state index is -0.871. The molecule has 1 rings (SSSR count). The Labute approximate surface area is 152 Å². The van der Waals surface area contributed by atoms with E-state index >= 15 is 0 Å². The molecule has 0 unspecified atom stereocenters. The number of urea groups is 1. The molecular formula is C17H26N4O5. The third kappa shape index (κ3) is 6.15. The fraction of sp³-hybridized carbons (Fsp3) is 0.471. The van der Waals surface area contributed by atoms with Gasteiger partial charge in [-0.2, -0.15) is 0 Å². The quantitative estimate of drug-likeness (QED) is 0.533. The van der Waals surface area contributed by atoms with Gasteiger partial charge in [0.2, 0.25) is 0 Å². The largest absolute Gasteiger partial charge is 0.493 e. The molecule has 0 aliphatic heterocycles. The summed E-state index contributed by atoms with van der Waals surface area (Å²) in [6, 6.07) is 2.96. The van der Waals surface area contributed by atoms with Crippen LogP contribution in [0.3, 0.4) is 0 Å². The molecule has 1 atom stereocenters. The van der Waals surface area contributed by atoms with E-state index in [0.29, 0.717) is 11.5 Å². The van der Waals surface area contributed by atoms with Gasteiger partial charge in [-0.25, -0.2) is 4.79 Å². The zero-order chi connectivity index (χ0) is 19.9. The van der Waals surface area contributed by atoms with Gasteiger partial charge < -0.3 is 20.5 Å². The number of carbonyl (C=O) groups excluding carboxylic acids is 3. The van der Waals surface area contributed by atoms with Crippen LogP contribution < -0.4 is 31.4 Å². The van der Waals surface area contributed by atoms with Crippen molar-refractivity contribution in [3.05, 3.63) is 23.8 Å². The molecule has 0 aliphatic rings. The van der Waals surface area contributed by atoms with Crippen molar-refractivity contribution < 1.29 is 23.9 Å². The fourth-order valence-electron chi connectivity index (χ4n) is 2.12. The van der Waals surface area contributed by atoms with E-state index in [2.05, 4.69) is 16.2 Å². The topological polar surface area (TPSA) is 132 Å². The molecule has 0 saturated heterocycles. The zero-order valence-corrected chi connectivity index (χ0v) is 15.6. The standard InChI is InChI=1S/C17H26N4O5/c1-9(2)14(19-17(18)24)16(23)21-20-15(22)11-6-7-12(26-10(3)4)13(8-11)25-5/h6-10,14H,1-5H3,(H,20,22)(H,21,23)(H3,18,19,24)/t14-/m0/s1. The number of primary amides is 1. The second kappa shape index (κ2) is 9.50. The summed E-state index contributed by atoms with van der Waals surface area (Å²) >= 11 is 0. The van der Waals surface area contributed by atoms with Gasteiger partial charge >= 0.3 is 6.03 Å². The van der Waals surface area contributed by atoms with Crippen LogP contribution in [0.2, 0.25) is 0 Å². The third-order valence-electron chi connectivity index (χ3n) is 3.33. The van der Waals surface area contributed by atoms with E-state index in [9.17, 15) is 14.4 Å². The average Bonchev–Trinajstić information content (AvgIpc) is 2.56. The SMILES string of the molecule is COc1cc(C(=O)NNC(=O)[C@@H](NC(N)=O)C(C)C)ccc1OC(C)C. The third-order valence-corrected chi connectivity index (χ3v) is 3.33. The number of hydrazine groups is 1. The van der Waals surface area contributed by atoms with Crippen LogP contribution in [0.5, 0.6) is 11.5 Å². The van der Waals surface area contributed by atoms with Crippen molar-refractivity contribution in [3.63, 3.8) is 0 Å². The van der Waals surface area contributed by atoms with Crippen LogP contribution in [0, 0.1) is 5.92 Å². The molecule has 0 radical (unpaired) electrons. The van der Waals surface area contributed by atoms with Crippen LogP contribution in [0.15, 0.2) is 18.2 Å². The number of carbonyl (C=O) groups is 3. The minimum absolute atomic E-state index is 0.0476. The maximum atomic E-state index is 12.2. The van der Waals surface area contributed by atoms with Crippen molar-refractivity contribution in [1.29, 1.82) is 0 Å². The second-order valence-corrected chi connectivity index (χ2v) is 6.21. The molecule has 0 heterocycles. The molecule has 0 spiro atoms. The van der Waals surface area contributed by atoms with Gasteiger partial charge in [-0.05, 0) is 38.0 Å². The van der Waals surface area contributed by atoms with Crippen molar-refractivity contribution in [1.82, 2.24) is 16.2 Å². The predicted molar refractivity (Wildman–Crippen MR) is 95.7 cm³/mol. The van der Waals surface area contributed by atoms with Gasteiger partial charge in [-0.3, -0.25) is 20.4 Å². The zero-order valence-electron chi connectivity index (χ0n) is 15.6. The molecule has 0 bridgehead atoms. The van der Waals surface area contributed by atoms with Gasteiger partial charge in [-0.1, -0.05) is 13.8 Å². The molecule has 9 heteroatoms. The van der Waals surface area contributed by atoms with Crippen LogP contribution >= 0.6 is 0 Å². The highest BCUT2D eigenvalue weighted by Gasteiger charge is 2.24. The molecule has 144 valence electrons. The number of rotatable bonds is 7. The van der Waals surface area contributed by atoms with E-state index in [0.717, 1.165) is 0 Å². The molecule has 1 aromatic carbocycles. The highest BCUT2D eigenvalue weighted by Crippen LogP contribution is 2.28. The average molecular weight is 366 g/mol. The van der Waals surface area contributed by atoms with Crippen LogP contribution in [-0.2, 0) is 4.79 Å². The monoisotopic (exact) mass is 366 g/mol. The summed E-state index contributed by atoms with van der Waals surface area (Å²) in [6.07, 6.45) is -0.0476. The summed E-state index contributed by atoms with van der Waals surface area (Å²) < 4.78 is 10.8. The minimum Gasteiger partial charge on any atom is -0.493 e. The number of benzene rings is 1. The van der Waals surface area contributed by atoms with Gasteiger partial charge in [0.15, 0.2) is 11.5 Å². The van der Waals surface area contributed by atoms with E-state index < -0.39 is 23.9 Å². The molecule has 1 aromatic rings. The first-order chi connectivity index (χ1) is 12.1. The number of hydrogen-bond acceptors (Lipinski definition) is 5. The van der Waals surface area contributed by atoms with Gasteiger partial charge in [0, 0.05) is 5.56 Å². The Morgan fingerprint density at radius 2 is 1.69 bits per heavy atom. The number of nitrogens with two attached hydrogens (primary N) is 1. The first-order valence-electron chi connectivity index (χ1n) is 8.16.